The van der Waals surface area contributed by atoms with E-state index >= 15 is 0 Å². The van der Waals surface area contributed by atoms with Crippen LogP contribution in [-0.2, 0) is 4.79 Å². The normalized spacial score (nSPS) is 11.7. The summed E-state index contributed by atoms with van der Waals surface area (Å²) in [4.78, 5) is 12.9. The van der Waals surface area contributed by atoms with Gasteiger partial charge in [-0.15, -0.1) is 0 Å². The van der Waals surface area contributed by atoms with E-state index in [9.17, 15) is 4.79 Å². The molecule has 0 saturated heterocycles. The molecule has 172 valence electrons. The van der Waals surface area contributed by atoms with Gasteiger partial charge in [-0.1, -0.05) is 89.6 Å². The molecule has 4 rings (SSSR count). The Morgan fingerprint density at radius 1 is 0.706 bits per heavy atom. The van der Waals surface area contributed by atoms with E-state index in [1.54, 1.807) is 0 Å². The quantitative estimate of drug-likeness (QED) is 0.209. The second-order valence-corrected chi connectivity index (χ2v) is 12.6. The molecule has 0 aromatic heterocycles. The average molecular weight is 545 g/mol. The Kier molecular flexibility index (Phi) is 9.64. The summed E-state index contributed by atoms with van der Waals surface area (Å²) in [5.41, 5.74) is 0.697. The zero-order chi connectivity index (χ0) is 23.1. The molecule has 0 aliphatic heterocycles. The van der Waals surface area contributed by atoms with Gasteiger partial charge in [-0.05, 0) is 60.7 Å². The van der Waals surface area contributed by atoms with Crippen LogP contribution in [0.4, 0.5) is 0 Å². The molecule has 0 heterocycles. The summed E-state index contributed by atoms with van der Waals surface area (Å²) in [5.74, 6) is 0. The van der Waals surface area contributed by atoms with Crippen molar-refractivity contribution in [3.63, 3.8) is 0 Å². The summed E-state index contributed by atoms with van der Waals surface area (Å²) < 4.78 is 0.509. The standard InChI is InChI=1S/C27H20Cl2NOPS.ClH/c28-21-16-18-25(19-17-21)33-26(29)27(30-20-31)32(22-10-4-1-5-11-22,23-12-6-2-7-13-23)24-14-8-3-9-15-24;/h1-20H;1H/b27-26-;. The van der Waals surface area contributed by atoms with Gasteiger partial charge in [0.1, 0.15) is 20.3 Å². The van der Waals surface area contributed by atoms with Crippen LogP contribution in [0.2, 0.25) is 5.02 Å². The maximum atomic E-state index is 11.9. The molecule has 0 aliphatic rings. The summed E-state index contributed by atoms with van der Waals surface area (Å²) in [7, 11) is -2.52. The van der Waals surface area contributed by atoms with Gasteiger partial charge in [0.15, 0.2) is 7.26 Å². The molecule has 0 unspecified atom stereocenters. The third-order valence-corrected chi connectivity index (χ3v) is 11.3. The molecule has 2 nitrogen and oxygen atoms in total. The molecule has 0 atom stereocenters. The van der Waals surface area contributed by atoms with Crippen molar-refractivity contribution < 1.29 is 17.2 Å². The van der Waals surface area contributed by atoms with Gasteiger partial charge < -0.3 is 12.4 Å². The Morgan fingerprint density at radius 3 is 1.50 bits per heavy atom. The minimum atomic E-state index is -2.52. The second-order valence-electron chi connectivity index (χ2n) is 7.12. The number of rotatable bonds is 8. The van der Waals surface area contributed by atoms with Crippen molar-refractivity contribution >= 4 is 64.5 Å². The number of nitrogens with one attached hydrogen (secondary N) is 1. The lowest BCUT2D eigenvalue weighted by atomic mass is 10.4. The van der Waals surface area contributed by atoms with Crippen LogP contribution in [0.1, 0.15) is 0 Å². The van der Waals surface area contributed by atoms with Crippen molar-refractivity contribution in [2.24, 2.45) is 0 Å². The third kappa shape index (κ3) is 5.51. The van der Waals surface area contributed by atoms with Gasteiger partial charge in [-0.25, -0.2) is 0 Å². The molecule has 4 aromatic carbocycles. The predicted molar refractivity (Wildman–Crippen MR) is 145 cm³/mol. The summed E-state index contributed by atoms with van der Waals surface area (Å²) in [6, 6.07) is 38.3. The van der Waals surface area contributed by atoms with Crippen LogP contribution in [0.3, 0.4) is 0 Å². The van der Waals surface area contributed by atoms with Crippen LogP contribution >= 0.6 is 42.2 Å². The minimum Gasteiger partial charge on any atom is -1.00 e. The number of halogens is 3. The Labute approximate surface area is 221 Å². The Hall–Kier alpha value is -2.26. The number of carbonyl (C=O) groups excluding carboxylic acids is 1. The highest BCUT2D eigenvalue weighted by Gasteiger charge is 2.51. The largest absolute Gasteiger partial charge is 1.00 e. The molecular formula is C27H21Cl3NOPS. The topological polar surface area (TPSA) is 29.1 Å². The van der Waals surface area contributed by atoms with E-state index in [1.807, 2.05) is 78.9 Å². The van der Waals surface area contributed by atoms with Crippen LogP contribution in [0, 0.1) is 0 Å². The SMILES string of the molecule is O=CN/C(=C(\Cl)Sc1ccc(Cl)cc1)[P+](c1ccccc1)(c1ccccc1)c1ccccc1.[Cl-]. The number of benzene rings is 4. The molecular weight excluding hydrogens is 524 g/mol. The molecule has 1 amide bonds. The van der Waals surface area contributed by atoms with Crippen LogP contribution in [0.25, 0.3) is 0 Å². The van der Waals surface area contributed by atoms with E-state index in [4.69, 9.17) is 23.2 Å². The van der Waals surface area contributed by atoms with E-state index in [2.05, 4.69) is 41.7 Å². The van der Waals surface area contributed by atoms with E-state index in [0.29, 0.717) is 21.2 Å². The zero-order valence-electron chi connectivity index (χ0n) is 17.9. The molecule has 0 saturated carbocycles. The number of amides is 1. The predicted octanol–water partition coefficient (Wildman–Crippen LogP) is 3.54. The second kappa shape index (κ2) is 12.4. The number of hydrogen-bond donors (Lipinski definition) is 1. The summed E-state index contributed by atoms with van der Waals surface area (Å²) >= 11 is 14.5. The molecule has 0 bridgehead atoms. The maximum absolute atomic E-state index is 11.9. The number of hydrogen-bond acceptors (Lipinski definition) is 2. The van der Waals surface area contributed by atoms with Crippen molar-refractivity contribution in [2.45, 2.75) is 4.90 Å². The number of carbonyl (C=O) groups is 1. The molecule has 0 spiro atoms. The van der Waals surface area contributed by atoms with Crippen molar-refractivity contribution in [3.05, 3.63) is 130 Å². The van der Waals surface area contributed by atoms with Gasteiger partial charge in [0.05, 0.1) is 0 Å². The highest BCUT2D eigenvalue weighted by atomic mass is 35.5. The smallest absolute Gasteiger partial charge is 0.214 e. The molecule has 0 aliphatic carbocycles. The first-order valence-corrected chi connectivity index (χ1v) is 13.6. The maximum Gasteiger partial charge on any atom is 0.214 e. The van der Waals surface area contributed by atoms with Crippen LogP contribution in [0.5, 0.6) is 0 Å². The first-order chi connectivity index (χ1) is 16.2. The van der Waals surface area contributed by atoms with Gasteiger partial charge >= 0.3 is 0 Å². The lowest BCUT2D eigenvalue weighted by Crippen LogP contribution is -3.00. The van der Waals surface area contributed by atoms with Gasteiger partial charge in [-0.2, -0.15) is 0 Å². The average Bonchev–Trinajstić information content (AvgIpc) is 2.87. The lowest BCUT2D eigenvalue weighted by Gasteiger charge is -2.29. The monoisotopic (exact) mass is 543 g/mol. The van der Waals surface area contributed by atoms with E-state index in [1.165, 1.54) is 11.8 Å². The summed E-state index contributed by atoms with van der Waals surface area (Å²) in [6.45, 7) is 0. The fraction of sp³-hybridized carbons (Fsp3) is 0. The highest BCUT2D eigenvalue weighted by molar-refractivity contribution is 8.06. The Bertz CT molecular complexity index is 1140. The van der Waals surface area contributed by atoms with Crippen molar-refractivity contribution in [3.8, 4) is 0 Å². The summed E-state index contributed by atoms with van der Waals surface area (Å²) in [6.07, 6.45) is 0.712. The highest BCUT2D eigenvalue weighted by Crippen LogP contribution is 2.63. The van der Waals surface area contributed by atoms with Crippen molar-refractivity contribution in [1.29, 1.82) is 0 Å². The minimum absolute atomic E-state index is 0. The van der Waals surface area contributed by atoms with Crippen molar-refractivity contribution in [1.82, 2.24) is 5.32 Å². The van der Waals surface area contributed by atoms with E-state index in [-0.39, 0.29) is 12.4 Å². The Morgan fingerprint density at radius 2 is 1.12 bits per heavy atom. The van der Waals surface area contributed by atoms with Gasteiger partial charge in [0.2, 0.25) is 11.8 Å². The lowest BCUT2D eigenvalue weighted by molar-refractivity contribution is -0.108. The van der Waals surface area contributed by atoms with Crippen molar-refractivity contribution in [2.75, 3.05) is 0 Å². The van der Waals surface area contributed by atoms with Crippen LogP contribution in [0.15, 0.2) is 130 Å². The molecule has 0 fully saturated rings. The number of thioether (sulfide) groups is 1. The molecule has 0 radical (unpaired) electrons. The fourth-order valence-electron chi connectivity index (χ4n) is 3.78. The Balaban J connectivity index is 0.00000324. The van der Waals surface area contributed by atoms with Gasteiger partial charge in [-0.3, -0.25) is 10.1 Å². The van der Waals surface area contributed by atoms with E-state index in [0.717, 1.165) is 20.8 Å². The molecule has 1 N–H and O–H groups in total. The van der Waals surface area contributed by atoms with Gasteiger partial charge in [0.25, 0.3) is 0 Å². The van der Waals surface area contributed by atoms with Crippen LogP contribution in [-0.4, -0.2) is 6.41 Å². The van der Waals surface area contributed by atoms with Crippen LogP contribution < -0.4 is 33.6 Å². The van der Waals surface area contributed by atoms with Gasteiger partial charge in [0, 0.05) is 9.92 Å². The first-order valence-electron chi connectivity index (χ1n) is 10.3. The molecule has 34 heavy (non-hydrogen) atoms. The van der Waals surface area contributed by atoms with E-state index < -0.39 is 7.26 Å². The zero-order valence-corrected chi connectivity index (χ0v) is 21.9. The first kappa shape index (κ1) is 26.3. The molecule has 4 aromatic rings. The molecule has 7 heteroatoms. The summed E-state index contributed by atoms with van der Waals surface area (Å²) in [5, 5.41) is 6.97. The third-order valence-electron chi connectivity index (χ3n) is 5.17. The fourth-order valence-corrected chi connectivity index (χ4v) is 9.83.